The number of Topliss-reactive ketones (excluding diaryl/α,β-unsaturated/α-hetero) is 1. The van der Waals surface area contributed by atoms with Gasteiger partial charge < -0.3 is 9.30 Å². The van der Waals surface area contributed by atoms with E-state index in [-0.39, 0.29) is 30.1 Å². The number of carbonyl (C=O) groups excluding carboxylic acids is 1. The lowest BCUT2D eigenvalue weighted by molar-refractivity contribution is -0.0712. The molecular weight excluding hydrogens is 398 g/mol. The highest BCUT2D eigenvalue weighted by Crippen LogP contribution is 2.18. The van der Waals surface area contributed by atoms with Crippen LogP contribution in [-0.2, 0) is 31.9 Å². The van der Waals surface area contributed by atoms with Crippen molar-refractivity contribution < 1.29 is 9.53 Å². The second-order valence-electron chi connectivity index (χ2n) is 8.23. The van der Waals surface area contributed by atoms with Crippen molar-refractivity contribution in [2.45, 2.75) is 39.1 Å². The topological polar surface area (TPSA) is 91.4 Å². The van der Waals surface area contributed by atoms with Crippen LogP contribution >= 0.6 is 0 Å². The van der Waals surface area contributed by atoms with Crippen molar-refractivity contribution in [1.29, 1.82) is 0 Å². The normalized spacial score (nSPS) is 19.7. The molecule has 0 unspecified atom stereocenters. The monoisotopic (exact) mass is 425 g/mol. The fourth-order valence-electron chi connectivity index (χ4n) is 4.26. The number of aromatic nitrogens is 4. The smallest absolute Gasteiger partial charge is 0.332 e. The third-order valence-electron chi connectivity index (χ3n) is 5.68. The molecule has 1 saturated heterocycles. The third kappa shape index (κ3) is 3.98. The van der Waals surface area contributed by atoms with E-state index >= 15 is 0 Å². The van der Waals surface area contributed by atoms with Gasteiger partial charge in [0.25, 0.3) is 5.56 Å². The molecule has 1 fully saturated rings. The first-order chi connectivity index (χ1) is 14.8. The van der Waals surface area contributed by atoms with Gasteiger partial charge in [-0.25, -0.2) is 9.78 Å². The molecule has 3 heterocycles. The maximum absolute atomic E-state index is 13.0. The Balaban J connectivity index is 1.82. The van der Waals surface area contributed by atoms with Crippen LogP contribution in [0.5, 0.6) is 0 Å². The standard InChI is InChI=1S/C22H27N5O4/c1-14-10-26(11-15(2)31-14)13-18-23-20-19(21(29)25(4)22(30)24(20)3)27(18)12-17(28)16-8-6-5-7-9-16/h5-9,14-15H,10-13H2,1-4H3/t14-,15-/m0/s1. The SMILES string of the molecule is C[C@H]1CN(Cc2nc3c(c(=O)n(C)c(=O)n3C)n2CC(=O)c2ccccc2)C[C@H](C)O1. The molecule has 164 valence electrons. The lowest BCUT2D eigenvalue weighted by Gasteiger charge is -2.35. The van der Waals surface area contributed by atoms with Crippen molar-refractivity contribution in [3.8, 4) is 0 Å². The van der Waals surface area contributed by atoms with Crippen molar-refractivity contribution in [3.05, 3.63) is 62.6 Å². The Kier molecular flexibility index (Phi) is 5.63. The van der Waals surface area contributed by atoms with Crippen LogP contribution in [0.1, 0.15) is 30.0 Å². The molecule has 0 saturated carbocycles. The number of imidazole rings is 1. The minimum atomic E-state index is -0.457. The summed E-state index contributed by atoms with van der Waals surface area (Å²) in [6, 6.07) is 8.96. The van der Waals surface area contributed by atoms with Gasteiger partial charge in [-0.3, -0.25) is 23.6 Å². The Morgan fingerprint density at radius 1 is 1.06 bits per heavy atom. The highest BCUT2D eigenvalue weighted by molar-refractivity contribution is 5.96. The summed E-state index contributed by atoms with van der Waals surface area (Å²) >= 11 is 0. The molecule has 0 radical (unpaired) electrons. The van der Waals surface area contributed by atoms with Crippen LogP contribution in [-0.4, -0.2) is 54.7 Å². The van der Waals surface area contributed by atoms with Gasteiger partial charge in [0.1, 0.15) is 5.82 Å². The van der Waals surface area contributed by atoms with Crippen LogP contribution < -0.4 is 11.2 Å². The first kappa shape index (κ1) is 21.2. The number of morpholine rings is 1. The second-order valence-corrected chi connectivity index (χ2v) is 8.23. The zero-order chi connectivity index (χ0) is 22.3. The van der Waals surface area contributed by atoms with Gasteiger partial charge in [0.15, 0.2) is 16.9 Å². The highest BCUT2D eigenvalue weighted by atomic mass is 16.5. The van der Waals surface area contributed by atoms with Gasteiger partial charge in [0.05, 0.1) is 25.3 Å². The van der Waals surface area contributed by atoms with E-state index in [1.54, 1.807) is 35.9 Å². The third-order valence-corrected chi connectivity index (χ3v) is 5.68. The van der Waals surface area contributed by atoms with E-state index in [0.717, 1.165) is 17.7 Å². The van der Waals surface area contributed by atoms with Gasteiger partial charge >= 0.3 is 5.69 Å². The Hall–Kier alpha value is -3.04. The summed E-state index contributed by atoms with van der Waals surface area (Å²) in [6.07, 6.45) is 0.148. The zero-order valence-electron chi connectivity index (χ0n) is 18.2. The van der Waals surface area contributed by atoms with E-state index in [2.05, 4.69) is 9.88 Å². The van der Waals surface area contributed by atoms with E-state index in [9.17, 15) is 14.4 Å². The van der Waals surface area contributed by atoms with Gasteiger partial charge in [0, 0.05) is 32.7 Å². The Morgan fingerprint density at radius 2 is 1.71 bits per heavy atom. The van der Waals surface area contributed by atoms with Gasteiger partial charge in [-0.05, 0) is 13.8 Å². The lowest BCUT2D eigenvalue weighted by Crippen LogP contribution is -2.45. The second kappa shape index (κ2) is 8.24. The van der Waals surface area contributed by atoms with Gasteiger partial charge in [-0.1, -0.05) is 30.3 Å². The van der Waals surface area contributed by atoms with E-state index in [0.29, 0.717) is 23.6 Å². The highest BCUT2D eigenvalue weighted by Gasteiger charge is 2.26. The minimum Gasteiger partial charge on any atom is -0.373 e. The molecule has 31 heavy (non-hydrogen) atoms. The minimum absolute atomic E-state index is 0.0290. The molecule has 9 heteroatoms. The Bertz CT molecular complexity index is 1230. The van der Waals surface area contributed by atoms with E-state index in [4.69, 9.17) is 4.74 Å². The summed E-state index contributed by atoms with van der Waals surface area (Å²) in [5.41, 5.74) is 0.209. The zero-order valence-corrected chi connectivity index (χ0v) is 18.2. The number of hydrogen-bond donors (Lipinski definition) is 0. The fourth-order valence-corrected chi connectivity index (χ4v) is 4.26. The summed E-state index contributed by atoms with van der Waals surface area (Å²) in [6.45, 7) is 5.90. The van der Waals surface area contributed by atoms with Crippen molar-refractivity contribution in [2.75, 3.05) is 13.1 Å². The molecular formula is C22H27N5O4. The summed E-state index contributed by atoms with van der Waals surface area (Å²) in [7, 11) is 3.02. The van der Waals surface area contributed by atoms with Crippen LogP contribution in [0.25, 0.3) is 11.2 Å². The van der Waals surface area contributed by atoms with Crippen LogP contribution in [0.15, 0.2) is 39.9 Å². The molecule has 4 rings (SSSR count). The maximum atomic E-state index is 13.0. The number of aryl methyl sites for hydroxylation is 1. The molecule has 0 N–H and O–H groups in total. The van der Waals surface area contributed by atoms with E-state index in [1.165, 1.54) is 11.6 Å². The molecule has 0 bridgehead atoms. The number of fused-ring (bicyclic) bond motifs is 1. The molecule has 2 aromatic heterocycles. The van der Waals surface area contributed by atoms with Crippen molar-refractivity contribution >= 4 is 16.9 Å². The number of hydrogen-bond acceptors (Lipinski definition) is 6. The average molecular weight is 425 g/mol. The molecule has 9 nitrogen and oxygen atoms in total. The molecule has 0 amide bonds. The predicted octanol–water partition coefficient (Wildman–Crippen LogP) is 0.926. The first-order valence-corrected chi connectivity index (χ1v) is 10.4. The molecule has 0 aliphatic carbocycles. The molecule has 1 aliphatic heterocycles. The van der Waals surface area contributed by atoms with Gasteiger partial charge in [-0.2, -0.15) is 0 Å². The Morgan fingerprint density at radius 3 is 2.35 bits per heavy atom. The predicted molar refractivity (Wildman–Crippen MR) is 116 cm³/mol. The Labute approximate surface area is 179 Å². The van der Waals surface area contributed by atoms with Crippen molar-refractivity contribution in [1.82, 2.24) is 23.6 Å². The summed E-state index contributed by atoms with van der Waals surface area (Å²) in [4.78, 5) is 45.3. The summed E-state index contributed by atoms with van der Waals surface area (Å²) < 4.78 is 9.88. The average Bonchev–Trinajstić information content (AvgIpc) is 3.08. The maximum Gasteiger partial charge on any atom is 0.332 e. The number of ketones is 1. The van der Waals surface area contributed by atoms with Gasteiger partial charge in [0.2, 0.25) is 0 Å². The number of nitrogens with zero attached hydrogens (tertiary/aromatic N) is 5. The summed E-state index contributed by atoms with van der Waals surface area (Å²) in [5, 5.41) is 0. The van der Waals surface area contributed by atoms with E-state index in [1.807, 2.05) is 19.9 Å². The molecule has 2 atom stereocenters. The lowest BCUT2D eigenvalue weighted by atomic mass is 10.1. The molecule has 1 aliphatic rings. The first-order valence-electron chi connectivity index (χ1n) is 10.4. The van der Waals surface area contributed by atoms with Crippen molar-refractivity contribution in [2.24, 2.45) is 14.1 Å². The number of rotatable bonds is 5. The largest absolute Gasteiger partial charge is 0.373 e. The fraction of sp³-hybridized carbons (Fsp3) is 0.455. The van der Waals surface area contributed by atoms with Crippen LogP contribution in [0.3, 0.4) is 0 Å². The molecule has 1 aromatic carbocycles. The molecule has 0 spiro atoms. The molecule has 3 aromatic rings. The summed E-state index contributed by atoms with van der Waals surface area (Å²) in [5.74, 6) is 0.458. The number of ether oxygens (including phenoxy) is 1. The van der Waals surface area contributed by atoms with Crippen LogP contribution in [0.4, 0.5) is 0 Å². The number of carbonyl (C=O) groups is 1. The van der Waals surface area contributed by atoms with Crippen LogP contribution in [0, 0.1) is 0 Å². The van der Waals surface area contributed by atoms with Crippen molar-refractivity contribution in [3.63, 3.8) is 0 Å². The quantitative estimate of drug-likeness (QED) is 0.565. The van der Waals surface area contributed by atoms with E-state index < -0.39 is 11.2 Å². The van der Waals surface area contributed by atoms with Crippen LogP contribution in [0.2, 0.25) is 0 Å². The van der Waals surface area contributed by atoms with Gasteiger partial charge in [-0.15, -0.1) is 0 Å². The number of benzene rings is 1.